The van der Waals surface area contributed by atoms with Crippen molar-refractivity contribution in [3.63, 3.8) is 0 Å². The Balaban J connectivity index is 1.83. The van der Waals surface area contributed by atoms with Gasteiger partial charge in [0.05, 0.1) is 11.4 Å². The number of aryl methyl sites for hydroxylation is 1. The first kappa shape index (κ1) is 17.4. The Bertz CT molecular complexity index is 1030. The van der Waals surface area contributed by atoms with Crippen LogP contribution in [0.25, 0.3) is 4.85 Å². The van der Waals surface area contributed by atoms with E-state index in [9.17, 15) is 14.3 Å². The lowest BCUT2D eigenvalue weighted by molar-refractivity contribution is -0.123. The first-order chi connectivity index (χ1) is 12.9. The van der Waals surface area contributed by atoms with Crippen molar-refractivity contribution >= 4 is 40.4 Å². The predicted molar refractivity (Wildman–Crippen MR) is 102 cm³/mol. The summed E-state index contributed by atoms with van der Waals surface area (Å²) in [6, 6.07) is 5.37. The molecule has 2 heterocycles. The molecular formula is C19H15FN4O2S. The summed E-state index contributed by atoms with van der Waals surface area (Å²) in [5, 5.41) is 10.5. The van der Waals surface area contributed by atoms with Crippen molar-refractivity contribution in [1.29, 1.82) is 0 Å². The number of aromatic hydroxyl groups is 1. The van der Waals surface area contributed by atoms with E-state index < -0.39 is 11.4 Å². The van der Waals surface area contributed by atoms with Crippen LogP contribution in [0.4, 0.5) is 21.6 Å². The molecule has 2 aromatic rings. The number of amides is 1. The number of thiocarbonyl (C=S) groups is 1. The highest BCUT2D eigenvalue weighted by Crippen LogP contribution is 2.49. The number of rotatable bonds is 2. The molecule has 1 aromatic carbocycles. The van der Waals surface area contributed by atoms with E-state index in [1.165, 1.54) is 23.2 Å². The zero-order valence-electron chi connectivity index (χ0n) is 14.4. The number of nitrogens with zero attached hydrogens (tertiary/aromatic N) is 4. The largest absolute Gasteiger partial charge is 0.506 e. The van der Waals surface area contributed by atoms with Gasteiger partial charge in [0.2, 0.25) is 0 Å². The van der Waals surface area contributed by atoms with Crippen LogP contribution in [0, 0.1) is 19.3 Å². The Morgan fingerprint density at radius 1 is 1.37 bits per heavy atom. The summed E-state index contributed by atoms with van der Waals surface area (Å²) >= 11 is 5.59. The summed E-state index contributed by atoms with van der Waals surface area (Å²) in [6.07, 6.45) is 3.48. The molecule has 1 amide bonds. The molecule has 0 bridgehead atoms. The third kappa shape index (κ3) is 2.39. The molecule has 1 spiro atoms. The Morgan fingerprint density at radius 3 is 2.67 bits per heavy atom. The number of carbonyl (C=O) groups excluding carboxylic acids is 1. The molecule has 136 valence electrons. The minimum Gasteiger partial charge on any atom is -0.506 e. The van der Waals surface area contributed by atoms with Crippen molar-refractivity contribution in [2.24, 2.45) is 0 Å². The first-order valence-electron chi connectivity index (χ1n) is 8.40. The number of pyridine rings is 1. The van der Waals surface area contributed by atoms with Crippen molar-refractivity contribution in [3.8, 4) is 5.75 Å². The molecule has 1 aliphatic heterocycles. The van der Waals surface area contributed by atoms with Crippen LogP contribution in [-0.2, 0) is 4.79 Å². The predicted octanol–water partition coefficient (Wildman–Crippen LogP) is 3.85. The topological polar surface area (TPSA) is 61.0 Å². The van der Waals surface area contributed by atoms with Gasteiger partial charge in [-0.1, -0.05) is 6.57 Å². The van der Waals surface area contributed by atoms with Crippen LogP contribution in [-0.4, -0.2) is 26.6 Å². The van der Waals surface area contributed by atoms with Gasteiger partial charge in [0, 0.05) is 6.07 Å². The van der Waals surface area contributed by atoms with Gasteiger partial charge in [-0.3, -0.25) is 14.6 Å². The molecule has 2 aliphatic rings. The van der Waals surface area contributed by atoms with Gasteiger partial charge in [-0.2, -0.15) is 0 Å². The van der Waals surface area contributed by atoms with E-state index in [2.05, 4.69) is 9.83 Å². The molecule has 1 aromatic heterocycles. The van der Waals surface area contributed by atoms with Crippen molar-refractivity contribution in [3.05, 3.63) is 53.3 Å². The summed E-state index contributed by atoms with van der Waals surface area (Å²) in [6.45, 7) is 8.87. The molecule has 1 saturated heterocycles. The number of hydrogen-bond acceptors (Lipinski definition) is 4. The van der Waals surface area contributed by atoms with Gasteiger partial charge in [0.25, 0.3) is 11.7 Å². The molecule has 27 heavy (non-hydrogen) atoms. The highest BCUT2D eigenvalue weighted by molar-refractivity contribution is 7.81. The lowest BCUT2D eigenvalue weighted by atomic mass is 9.75. The number of phenolic OH excluding ortho intramolecular Hbond substituents is 1. The molecule has 8 heteroatoms. The lowest BCUT2D eigenvalue weighted by Crippen LogP contribution is -2.55. The van der Waals surface area contributed by atoms with E-state index in [1.807, 2.05) is 0 Å². The van der Waals surface area contributed by atoms with Gasteiger partial charge < -0.3 is 9.95 Å². The standard InChI is InChI=1S/C19H15FN4O2S/c1-11-8-13(10-22-16(11)21-2)23-17(26)19(6-3-7-19)24(18(23)27)14-5-4-12(20)9-15(14)25/h4-5,8-10,25H,3,6-7H2,1H3. The molecule has 4 rings (SSSR count). The van der Waals surface area contributed by atoms with Gasteiger partial charge in [0.15, 0.2) is 5.11 Å². The highest BCUT2D eigenvalue weighted by Gasteiger charge is 2.60. The Kier molecular flexibility index (Phi) is 3.86. The minimum atomic E-state index is -0.876. The van der Waals surface area contributed by atoms with Crippen LogP contribution in [0.1, 0.15) is 24.8 Å². The van der Waals surface area contributed by atoms with Gasteiger partial charge in [-0.15, -0.1) is 4.98 Å². The van der Waals surface area contributed by atoms with E-state index in [4.69, 9.17) is 18.8 Å². The zero-order chi connectivity index (χ0) is 19.3. The third-order valence-corrected chi connectivity index (χ3v) is 5.54. The second kappa shape index (κ2) is 5.99. The molecular weight excluding hydrogens is 367 g/mol. The third-order valence-electron chi connectivity index (χ3n) is 5.17. The van der Waals surface area contributed by atoms with Crippen LogP contribution in [0.15, 0.2) is 30.5 Å². The van der Waals surface area contributed by atoms with Crippen molar-refractivity contribution in [2.75, 3.05) is 9.80 Å². The van der Waals surface area contributed by atoms with Crippen LogP contribution in [0.5, 0.6) is 5.75 Å². The first-order valence-corrected chi connectivity index (χ1v) is 8.81. The second-order valence-corrected chi connectivity index (χ2v) is 7.09. The molecule has 2 fully saturated rings. The second-order valence-electron chi connectivity index (χ2n) is 6.72. The van der Waals surface area contributed by atoms with Crippen LogP contribution in [0.2, 0.25) is 0 Å². The van der Waals surface area contributed by atoms with Crippen molar-refractivity contribution in [2.45, 2.75) is 31.7 Å². The van der Waals surface area contributed by atoms with Crippen LogP contribution >= 0.6 is 12.2 Å². The molecule has 1 N–H and O–H groups in total. The fourth-order valence-corrected chi connectivity index (χ4v) is 4.12. The summed E-state index contributed by atoms with van der Waals surface area (Å²) in [5.74, 6) is -0.764. The van der Waals surface area contributed by atoms with E-state index in [1.54, 1.807) is 17.9 Å². The average Bonchev–Trinajstić information content (AvgIpc) is 2.82. The van der Waals surface area contributed by atoms with E-state index in [-0.39, 0.29) is 22.6 Å². The Morgan fingerprint density at radius 2 is 2.11 bits per heavy atom. The quantitative estimate of drug-likeness (QED) is 0.632. The molecule has 1 aliphatic carbocycles. The van der Waals surface area contributed by atoms with Crippen molar-refractivity contribution in [1.82, 2.24) is 4.98 Å². The number of carbonyl (C=O) groups is 1. The van der Waals surface area contributed by atoms with Crippen LogP contribution in [0.3, 0.4) is 0 Å². The number of benzene rings is 1. The SMILES string of the molecule is [C-]#[N+]c1ncc(N2C(=O)C3(CCC3)N(c3ccc(F)cc3O)C2=S)cc1C. The Labute approximate surface area is 160 Å². The maximum atomic E-state index is 13.4. The van der Waals surface area contributed by atoms with E-state index in [0.29, 0.717) is 29.8 Å². The summed E-state index contributed by atoms with van der Waals surface area (Å²) in [5.41, 5.74) is 0.548. The molecule has 0 atom stereocenters. The minimum absolute atomic E-state index is 0.195. The smallest absolute Gasteiger partial charge is 0.272 e. The summed E-state index contributed by atoms with van der Waals surface area (Å²) in [4.78, 5) is 23.8. The molecule has 0 unspecified atom stereocenters. The maximum Gasteiger partial charge on any atom is 0.272 e. The number of hydrogen-bond donors (Lipinski definition) is 1. The zero-order valence-corrected chi connectivity index (χ0v) is 15.3. The Hall–Kier alpha value is -3.05. The number of anilines is 2. The highest BCUT2D eigenvalue weighted by atomic mass is 32.1. The van der Waals surface area contributed by atoms with Gasteiger partial charge in [-0.05, 0) is 62.2 Å². The lowest BCUT2D eigenvalue weighted by Gasteiger charge is -2.43. The monoisotopic (exact) mass is 382 g/mol. The van der Waals surface area contributed by atoms with Crippen LogP contribution < -0.4 is 9.80 Å². The fraction of sp³-hybridized carbons (Fsp3) is 0.263. The number of halogens is 1. The van der Waals surface area contributed by atoms with Gasteiger partial charge in [-0.25, -0.2) is 4.39 Å². The van der Waals surface area contributed by atoms with Crippen molar-refractivity contribution < 1.29 is 14.3 Å². The molecule has 6 nitrogen and oxygen atoms in total. The maximum absolute atomic E-state index is 13.4. The normalized spacial score (nSPS) is 18.0. The summed E-state index contributed by atoms with van der Waals surface area (Å²) < 4.78 is 13.4. The average molecular weight is 382 g/mol. The van der Waals surface area contributed by atoms with Gasteiger partial charge in [0.1, 0.15) is 23.3 Å². The fourth-order valence-electron chi connectivity index (χ4n) is 3.66. The van der Waals surface area contributed by atoms with Gasteiger partial charge >= 0.3 is 0 Å². The summed E-state index contributed by atoms with van der Waals surface area (Å²) in [7, 11) is 0. The van der Waals surface area contributed by atoms with E-state index in [0.717, 1.165) is 12.5 Å². The molecule has 0 radical (unpaired) electrons. The number of aromatic nitrogens is 1. The van der Waals surface area contributed by atoms with E-state index >= 15 is 0 Å². The number of phenols is 1. The molecule has 1 saturated carbocycles.